The fourth-order valence-corrected chi connectivity index (χ4v) is 3.83. The Bertz CT molecular complexity index is 374. The number of aliphatic hydroxyl groups is 1. The summed E-state index contributed by atoms with van der Waals surface area (Å²) in [5.41, 5.74) is 6.21. The van der Waals surface area contributed by atoms with E-state index in [0.29, 0.717) is 6.04 Å². The fourth-order valence-electron chi connectivity index (χ4n) is 2.72. The minimum absolute atomic E-state index is 0.0928. The molecule has 18 heavy (non-hydrogen) atoms. The van der Waals surface area contributed by atoms with Gasteiger partial charge in [-0.15, -0.1) is 11.3 Å². The molecule has 1 aromatic heterocycles. The second-order valence-corrected chi connectivity index (χ2v) is 6.62. The molecule has 2 unspecified atom stereocenters. The summed E-state index contributed by atoms with van der Waals surface area (Å²) in [6.07, 6.45) is 3.79. The van der Waals surface area contributed by atoms with Gasteiger partial charge in [-0.05, 0) is 38.8 Å². The van der Waals surface area contributed by atoms with Crippen LogP contribution in [0.2, 0.25) is 0 Å². The Morgan fingerprint density at radius 1 is 1.50 bits per heavy atom. The van der Waals surface area contributed by atoms with E-state index in [9.17, 15) is 5.11 Å². The van der Waals surface area contributed by atoms with Gasteiger partial charge in [0.25, 0.3) is 0 Å². The molecule has 1 heterocycles. The minimum Gasteiger partial charge on any atom is -0.395 e. The summed E-state index contributed by atoms with van der Waals surface area (Å²) >= 11 is 1.83. The molecule has 0 amide bonds. The molecule has 1 fully saturated rings. The van der Waals surface area contributed by atoms with Crippen LogP contribution in [0.4, 0.5) is 0 Å². The fraction of sp³-hybridized carbons (Fsp3) is 0.714. The number of hydrogen-bond donors (Lipinski definition) is 2. The molecule has 4 heteroatoms. The average molecular weight is 268 g/mol. The minimum atomic E-state index is 0.0928. The number of nitrogens with zero attached hydrogens (tertiary/aromatic N) is 1. The van der Waals surface area contributed by atoms with Gasteiger partial charge in [0.2, 0.25) is 0 Å². The summed E-state index contributed by atoms with van der Waals surface area (Å²) in [6, 6.07) is 5.30. The van der Waals surface area contributed by atoms with Crippen molar-refractivity contribution in [2.24, 2.45) is 5.73 Å². The van der Waals surface area contributed by atoms with Gasteiger partial charge in [0.1, 0.15) is 0 Å². The third kappa shape index (κ3) is 2.94. The SMILES string of the molecule is Cc1ccc(C(C(C)N)N(CCO)C2CCC2)s1. The monoisotopic (exact) mass is 268 g/mol. The lowest BCUT2D eigenvalue weighted by Crippen LogP contribution is -2.48. The van der Waals surface area contributed by atoms with E-state index < -0.39 is 0 Å². The van der Waals surface area contributed by atoms with Gasteiger partial charge in [0.15, 0.2) is 0 Å². The predicted octanol–water partition coefficient (Wildman–Crippen LogP) is 2.29. The van der Waals surface area contributed by atoms with E-state index in [1.165, 1.54) is 29.0 Å². The van der Waals surface area contributed by atoms with Crippen molar-refractivity contribution in [1.29, 1.82) is 0 Å². The zero-order chi connectivity index (χ0) is 13.1. The summed E-state index contributed by atoms with van der Waals surface area (Å²) in [5.74, 6) is 0. The normalized spacial score (nSPS) is 19.8. The van der Waals surface area contributed by atoms with Gasteiger partial charge < -0.3 is 10.8 Å². The highest BCUT2D eigenvalue weighted by Crippen LogP contribution is 2.36. The van der Waals surface area contributed by atoms with Gasteiger partial charge in [-0.3, -0.25) is 4.90 Å². The molecule has 3 nitrogen and oxygen atoms in total. The largest absolute Gasteiger partial charge is 0.395 e. The Morgan fingerprint density at radius 2 is 2.22 bits per heavy atom. The zero-order valence-corrected chi connectivity index (χ0v) is 12.1. The van der Waals surface area contributed by atoms with Crippen molar-refractivity contribution >= 4 is 11.3 Å². The number of rotatable bonds is 6. The van der Waals surface area contributed by atoms with E-state index >= 15 is 0 Å². The van der Waals surface area contributed by atoms with Gasteiger partial charge in [-0.1, -0.05) is 6.42 Å². The number of aryl methyl sites for hydroxylation is 1. The topological polar surface area (TPSA) is 49.5 Å². The van der Waals surface area contributed by atoms with Crippen molar-refractivity contribution in [3.63, 3.8) is 0 Å². The number of thiophene rings is 1. The van der Waals surface area contributed by atoms with Crippen molar-refractivity contribution in [2.45, 2.75) is 51.2 Å². The first-order chi connectivity index (χ1) is 8.63. The third-order valence-corrected chi connectivity index (χ3v) is 4.88. The van der Waals surface area contributed by atoms with E-state index in [4.69, 9.17) is 5.73 Å². The first kappa shape index (κ1) is 14.0. The molecular weight excluding hydrogens is 244 g/mol. The maximum Gasteiger partial charge on any atom is 0.0594 e. The van der Waals surface area contributed by atoms with Crippen molar-refractivity contribution < 1.29 is 5.11 Å². The Balaban J connectivity index is 2.20. The van der Waals surface area contributed by atoms with Crippen LogP contribution < -0.4 is 5.73 Å². The molecule has 0 aliphatic heterocycles. The quantitative estimate of drug-likeness (QED) is 0.832. The van der Waals surface area contributed by atoms with E-state index in [1.54, 1.807) is 0 Å². The van der Waals surface area contributed by atoms with Crippen LogP contribution in [0.5, 0.6) is 0 Å². The highest BCUT2D eigenvalue weighted by Gasteiger charge is 2.33. The molecular formula is C14H24N2OS. The summed E-state index contributed by atoms with van der Waals surface area (Å²) in [7, 11) is 0. The molecule has 0 radical (unpaired) electrons. The van der Waals surface area contributed by atoms with Gasteiger partial charge in [0.05, 0.1) is 12.6 Å². The van der Waals surface area contributed by atoms with Crippen LogP contribution in [-0.4, -0.2) is 35.2 Å². The summed E-state index contributed by atoms with van der Waals surface area (Å²) in [5, 5.41) is 9.31. The molecule has 102 valence electrons. The number of aliphatic hydroxyl groups excluding tert-OH is 1. The molecule has 3 N–H and O–H groups in total. The number of hydrogen-bond acceptors (Lipinski definition) is 4. The number of nitrogens with two attached hydrogens (primary N) is 1. The van der Waals surface area contributed by atoms with Crippen LogP contribution in [-0.2, 0) is 0 Å². The molecule has 0 aromatic carbocycles. The first-order valence-electron chi connectivity index (χ1n) is 6.82. The van der Waals surface area contributed by atoms with E-state index in [1.807, 2.05) is 11.3 Å². The lowest BCUT2D eigenvalue weighted by atomic mass is 9.89. The highest BCUT2D eigenvalue weighted by molar-refractivity contribution is 7.12. The summed E-state index contributed by atoms with van der Waals surface area (Å²) in [6.45, 7) is 5.15. The molecule has 1 aliphatic rings. The standard InChI is InChI=1S/C14H24N2OS/c1-10-6-7-13(18-10)14(11(2)15)16(8-9-17)12-4-3-5-12/h6-7,11-12,14,17H,3-5,8-9,15H2,1-2H3. The molecule has 1 saturated carbocycles. The van der Waals surface area contributed by atoms with E-state index in [-0.39, 0.29) is 18.7 Å². The van der Waals surface area contributed by atoms with Gasteiger partial charge in [-0.25, -0.2) is 0 Å². The summed E-state index contributed by atoms with van der Waals surface area (Å²) in [4.78, 5) is 5.08. The van der Waals surface area contributed by atoms with Crippen LogP contribution in [0.25, 0.3) is 0 Å². The maximum absolute atomic E-state index is 9.31. The predicted molar refractivity (Wildman–Crippen MR) is 76.9 cm³/mol. The van der Waals surface area contributed by atoms with Crippen LogP contribution >= 0.6 is 11.3 Å². The van der Waals surface area contributed by atoms with Gasteiger partial charge in [-0.2, -0.15) is 0 Å². The Morgan fingerprint density at radius 3 is 2.61 bits per heavy atom. The molecule has 2 atom stereocenters. The lowest BCUT2D eigenvalue weighted by Gasteiger charge is -2.43. The van der Waals surface area contributed by atoms with Crippen molar-refractivity contribution in [3.8, 4) is 0 Å². The van der Waals surface area contributed by atoms with Crippen LogP contribution in [0, 0.1) is 6.92 Å². The van der Waals surface area contributed by atoms with E-state index in [0.717, 1.165) is 6.54 Å². The zero-order valence-electron chi connectivity index (χ0n) is 11.3. The average Bonchev–Trinajstić information content (AvgIpc) is 2.62. The van der Waals surface area contributed by atoms with Gasteiger partial charge >= 0.3 is 0 Å². The van der Waals surface area contributed by atoms with Crippen LogP contribution in [0.3, 0.4) is 0 Å². The molecule has 0 spiro atoms. The lowest BCUT2D eigenvalue weighted by molar-refractivity contribution is 0.0518. The molecule has 1 aromatic rings. The van der Waals surface area contributed by atoms with Crippen molar-refractivity contribution in [3.05, 3.63) is 21.9 Å². The van der Waals surface area contributed by atoms with Crippen LogP contribution in [0.1, 0.15) is 42.0 Å². The third-order valence-electron chi connectivity index (χ3n) is 3.81. The second kappa shape index (κ2) is 6.15. The molecule has 0 bridgehead atoms. The Labute approximate surface area is 114 Å². The first-order valence-corrected chi connectivity index (χ1v) is 7.63. The highest BCUT2D eigenvalue weighted by atomic mass is 32.1. The maximum atomic E-state index is 9.31. The second-order valence-electron chi connectivity index (χ2n) is 5.30. The van der Waals surface area contributed by atoms with E-state index in [2.05, 4.69) is 30.9 Å². The smallest absolute Gasteiger partial charge is 0.0594 e. The molecule has 2 rings (SSSR count). The Kier molecular flexibility index (Phi) is 4.78. The van der Waals surface area contributed by atoms with Gasteiger partial charge in [0, 0.05) is 28.4 Å². The summed E-state index contributed by atoms with van der Waals surface area (Å²) < 4.78 is 0. The molecule has 0 saturated heterocycles. The van der Waals surface area contributed by atoms with Crippen molar-refractivity contribution in [1.82, 2.24) is 4.90 Å². The Hall–Kier alpha value is -0.420. The van der Waals surface area contributed by atoms with Crippen molar-refractivity contribution in [2.75, 3.05) is 13.2 Å². The van der Waals surface area contributed by atoms with Crippen LogP contribution in [0.15, 0.2) is 12.1 Å². The molecule has 1 aliphatic carbocycles.